The van der Waals surface area contributed by atoms with Gasteiger partial charge in [-0.2, -0.15) is 0 Å². The fourth-order valence-corrected chi connectivity index (χ4v) is 4.37. The van der Waals surface area contributed by atoms with Crippen molar-refractivity contribution >= 4 is 40.4 Å². The van der Waals surface area contributed by atoms with Crippen molar-refractivity contribution in [3.63, 3.8) is 0 Å². The van der Waals surface area contributed by atoms with E-state index >= 15 is 0 Å². The molecule has 9 heteroatoms. The molecule has 2 aliphatic heterocycles. The average Bonchev–Trinajstić information content (AvgIpc) is 2.74. The first-order chi connectivity index (χ1) is 14.8. The van der Waals surface area contributed by atoms with Gasteiger partial charge in [0.2, 0.25) is 0 Å². The molecule has 2 aromatic heterocycles. The van der Waals surface area contributed by atoms with Crippen molar-refractivity contribution in [1.29, 1.82) is 0 Å². The van der Waals surface area contributed by atoms with Gasteiger partial charge in [0, 0.05) is 36.0 Å². The molecule has 2 fully saturated rings. The number of nitrogens with zero attached hydrogens (tertiary/aromatic N) is 3. The second kappa shape index (κ2) is 11.3. The number of piperidine rings is 1. The molecule has 1 amide bonds. The van der Waals surface area contributed by atoms with Crippen LogP contribution in [-0.4, -0.2) is 71.3 Å². The van der Waals surface area contributed by atoms with Crippen LogP contribution in [0.15, 0.2) is 29.4 Å². The highest BCUT2D eigenvalue weighted by atomic mass is 35.5. The van der Waals surface area contributed by atoms with Crippen molar-refractivity contribution in [2.24, 2.45) is 0 Å². The fraction of sp³-hybridized carbons (Fsp3) is 0.591. The van der Waals surface area contributed by atoms with Gasteiger partial charge in [0.15, 0.2) is 0 Å². The zero-order valence-corrected chi connectivity index (χ0v) is 19.9. The van der Waals surface area contributed by atoms with Gasteiger partial charge >= 0.3 is 6.09 Å². The molecule has 2 aromatic rings. The lowest BCUT2D eigenvalue weighted by Crippen LogP contribution is -2.42. The van der Waals surface area contributed by atoms with E-state index in [0.717, 1.165) is 68.3 Å². The van der Waals surface area contributed by atoms with Gasteiger partial charge in [0.05, 0.1) is 37.0 Å². The fourth-order valence-electron chi connectivity index (χ4n) is 3.13. The summed E-state index contributed by atoms with van der Waals surface area (Å²) in [7, 11) is 0. The lowest BCUT2D eigenvalue weighted by molar-refractivity contribution is -0.0334. The van der Waals surface area contributed by atoms with Gasteiger partial charge in [0.25, 0.3) is 0 Å². The maximum atomic E-state index is 12.1. The Morgan fingerprint density at radius 2 is 1.81 bits per heavy atom. The molecule has 7 nitrogen and oxygen atoms in total. The number of halogens is 1. The SMILES string of the molecule is C1COCCO1.CC(C)(C)OC(=O)N1CCC(Sc2ccc3cnc(Cl)cc3n2)CC1. The highest BCUT2D eigenvalue weighted by molar-refractivity contribution is 7.99. The Morgan fingerprint density at radius 3 is 2.39 bits per heavy atom. The van der Waals surface area contributed by atoms with Crippen LogP contribution in [-0.2, 0) is 14.2 Å². The average molecular weight is 468 g/mol. The molecule has 2 saturated heterocycles. The van der Waals surface area contributed by atoms with Gasteiger partial charge < -0.3 is 19.1 Å². The monoisotopic (exact) mass is 467 g/mol. The number of carbonyl (C=O) groups excluding carboxylic acids is 1. The number of carbonyl (C=O) groups is 1. The van der Waals surface area contributed by atoms with Crippen molar-refractivity contribution in [3.8, 4) is 0 Å². The Morgan fingerprint density at radius 1 is 1.16 bits per heavy atom. The Balaban J connectivity index is 0.000000391. The van der Waals surface area contributed by atoms with E-state index in [-0.39, 0.29) is 6.09 Å². The first-order valence-corrected chi connectivity index (χ1v) is 11.8. The molecule has 0 saturated carbocycles. The van der Waals surface area contributed by atoms with Gasteiger partial charge in [-0.05, 0) is 45.7 Å². The molecule has 0 aliphatic carbocycles. The molecule has 0 N–H and O–H groups in total. The van der Waals surface area contributed by atoms with Crippen LogP contribution in [0.5, 0.6) is 0 Å². The predicted octanol–water partition coefficient (Wildman–Crippen LogP) is 4.81. The molecule has 170 valence electrons. The highest BCUT2D eigenvalue weighted by Crippen LogP contribution is 2.31. The highest BCUT2D eigenvalue weighted by Gasteiger charge is 2.27. The van der Waals surface area contributed by atoms with E-state index in [2.05, 4.69) is 9.97 Å². The lowest BCUT2D eigenvalue weighted by Gasteiger charge is -2.33. The van der Waals surface area contributed by atoms with Crippen LogP contribution in [0.2, 0.25) is 5.15 Å². The van der Waals surface area contributed by atoms with E-state index in [0.29, 0.717) is 10.4 Å². The number of likely N-dealkylation sites (tertiary alicyclic amines) is 1. The van der Waals surface area contributed by atoms with Crippen LogP contribution in [0.3, 0.4) is 0 Å². The summed E-state index contributed by atoms with van der Waals surface area (Å²) in [4.78, 5) is 22.7. The number of ether oxygens (including phenoxy) is 3. The Bertz CT molecular complexity index is 854. The topological polar surface area (TPSA) is 73.8 Å². The number of aromatic nitrogens is 2. The Kier molecular flexibility index (Phi) is 8.77. The van der Waals surface area contributed by atoms with Gasteiger partial charge in [-0.25, -0.2) is 14.8 Å². The smallest absolute Gasteiger partial charge is 0.410 e. The third kappa shape index (κ3) is 8.11. The molecule has 0 atom stereocenters. The van der Waals surface area contributed by atoms with Crippen molar-refractivity contribution in [1.82, 2.24) is 14.9 Å². The zero-order valence-electron chi connectivity index (χ0n) is 18.3. The maximum Gasteiger partial charge on any atom is 0.410 e. The molecular weight excluding hydrogens is 438 g/mol. The number of hydrogen-bond acceptors (Lipinski definition) is 7. The van der Waals surface area contributed by atoms with Gasteiger partial charge in [-0.1, -0.05) is 11.6 Å². The Labute approximate surface area is 192 Å². The summed E-state index contributed by atoms with van der Waals surface area (Å²) in [6.45, 7) is 10.2. The summed E-state index contributed by atoms with van der Waals surface area (Å²) >= 11 is 7.71. The number of amides is 1. The molecule has 4 rings (SSSR count). The molecule has 0 spiro atoms. The summed E-state index contributed by atoms with van der Waals surface area (Å²) in [5, 5.41) is 2.85. The van der Waals surface area contributed by atoms with E-state index < -0.39 is 5.60 Å². The lowest BCUT2D eigenvalue weighted by atomic mass is 10.1. The molecule has 31 heavy (non-hydrogen) atoms. The first kappa shape index (κ1) is 24.0. The summed E-state index contributed by atoms with van der Waals surface area (Å²) in [5.41, 5.74) is 0.407. The van der Waals surface area contributed by atoms with Crippen molar-refractivity contribution < 1.29 is 19.0 Å². The zero-order chi connectivity index (χ0) is 22.3. The minimum atomic E-state index is -0.451. The third-order valence-corrected chi connectivity index (χ3v) is 6.12. The van der Waals surface area contributed by atoms with E-state index in [1.54, 1.807) is 28.9 Å². The first-order valence-electron chi connectivity index (χ1n) is 10.5. The summed E-state index contributed by atoms with van der Waals surface area (Å²) in [5.74, 6) is 0. The van der Waals surface area contributed by atoms with E-state index in [1.165, 1.54) is 0 Å². The van der Waals surface area contributed by atoms with E-state index in [4.69, 9.17) is 25.8 Å². The van der Waals surface area contributed by atoms with Crippen molar-refractivity contribution in [2.45, 2.75) is 49.5 Å². The maximum absolute atomic E-state index is 12.1. The van der Waals surface area contributed by atoms with Crippen LogP contribution in [0.4, 0.5) is 4.79 Å². The van der Waals surface area contributed by atoms with Crippen molar-refractivity contribution in [2.75, 3.05) is 39.5 Å². The van der Waals surface area contributed by atoms with Crippen LogP contribution < -0.4 is 0 Å². The molecule has 2 aliphatic rings. The predicted molar refractivity (Wildman–Crippen MR) is 123 cm³/mol. The van der Waals surface area contributed by atoms with E-state index in [1.807, 2.05) is 32.9 Å². The summed E-state index contributed by atoms with van der Waals surface area (Å²) < 4.78 is 15.3. The second-order valence-electron chi connectivity index (χ2n) is 8.36. The standard InChI is InChI=1S/C18H22ClN3O2S.C4H8O2/c1-18(2,3)24-17(23)22-8-6-13(7-9-22)25-16-5-4-12-11-20-15(19)10-14(12)21-16;1-2-6-4-3-5-1/h4-5,10-11,13H,6-9H2,1-3H3;1-4H2. The van der Waals surface area contributed by atoms with Crippen LogP contribution >= 0.6 is 23.4 Å². The second-order valence-corrected chi connectivity index (χ2v) is 10.1. The molecular formula is C22H30ClN3O4S. The minimum Gasteiger partial charge on any atom is -0.444 e. The number of hydrogen-bond donors (Lipinski definition) is 0. The molecule has 0 aromatic carbocycles. The van der Waals surface area contributed by atoms with Gasteiger partial charge in [0.1, 0.15) is 10.8 Å². The van der Waals surface area contributed by atoms with Gasteiger partial charge in [-0.15, -0.1) is 11.8 Å². The normalized spacial score (nSPS) is 17.7. The molecule has 0 bridgehead atoms. The Hall–Kier alpha value is -1.61. The molecule has 0 radical (unpaired) electrons. The van der Waals surface area contributed by atoms with Crippen LogP contribution in [0.1, 0.15) is 33.6 Å². The summed E-state index contributed by atoms with van der Waals surface area (Å²) in [6, 6.07) is 5.82. The number of thioether (sulfide) groups is 1. The minimum absolute atomic E-state index is 0.220. The number of fused-ring (bicyclic) bond motifs is 1. The van der Waals surface area contributed by atoms with E-state index in [9.17, 15) is 4.79 Å². The van der Waals surface area contributed by atoms with Crippen LogP contribution in [0.25, 0.3) is 10.9 Å². The summed E-state index contributed by atoms with van der Waals surface area (Å²) in [6.07, 6.45) is 3.38. The quantitative estimate of drug-likeness (QED) is 0.587. The third-order valence-electron chi connectivity index (χ3n) is 4.64. The largest absolute Gasteiger partial charge is 0.444 e. The number of rotatable bonds is 2. The molecule has 0 unspecified atom stereocenters. The van der Waals surface area contributed by atoms with Crippen molar-refractivity contribution in [3.05, 3.63) is 29.5 Å². The number of pyridine rings is 2. The molecule has 4 heterocycles. The van der Waals surface area contributed by atoms with Crippen LogP contribution in [0, 0.1) is 0 Å². The van der Waals surface area contributed by atoms with Gasteiger partial charge in [-0.3, -0.25) is 0 Å².